The molecule has 2 rings (SSSR count). The first kappa shape index (κ1) is 13.1. The standard InChI is InChI=1S/C12H17IO4/c1-12(2,6-13)11(15)17-8-4-3-7-5-9(8)16-10(7)14/h7-9H,3-6H2,1-2H3. The molecule has 1 saturated carbocycles. The number of halogens is 1. The second kappa shape index (κ2) is 4.74. The third-order valence-corrected chi connectivity index (χ3v) is 5.38. The van der Waals surface area contributed by atoms with E-state index in [1.165, 1.54) is 0 Å². The Bertz CT molecular complexity index is 339. The molecular formula is C12H17IO4. The van der Waals surface area contributed by atoms with E-state index in [1.54, 1.807) is 0 Å². The molecule has 3 unspecified atom stereocenters. The van der Waals surface area contributed by atoms with Gasteiger partial charge in [0, 0.05) is 10.8 Å². The number of esters is 2. The van der Waals surface area contributed by atoms with E-state index in [0.29, 0.717) is 10.8 Å². The second-order valence-corrected chi connectivity index (χ2v) is 6.21. The van der Waals surface area contributed by atoms with Gasteiger partial charge in [-0.25, -0.2) is 0 Å². The van der Waals surface area contributed by atoms with Gasteiger partial charge in [0.05, 0.1) is 11.3 Å². The van der Waals surface area contributed by atoms with Gasteiger partial charge in [-0.15, -0.1) is 0 Å². The van der Waals surface area contributed by atoms with Crippen molar-refractivity contribution >= 4 is 34.5 Å². The molecule has 0 aromatic rings. The van der Waals surface area contributed by atoms with Crippen LogP contribution in [0, 0.1) is 11.3 Å². The first-order valence-electron chi connectivity index (χ1n) is 5.91. The normalized spacial score (nSPS) is 32.2. The quantitative estimate of drug-likeness (QED) is 0.443. The average molecular weight is 352 g/mol. The highest BCUT2D eigenvalue weighted by atomic mass is 127. The topological polar surface area (TPSA) is 52.6 Å². The summed E-state index contributed by atoms with van der Waals surface area (Å²) in [5.74, 6) is -0.285. The first-order chi connectivity index (χ1) is 7.94. The minimum Gasteiger partial charge on any atom is -0.458 e. The van der Waals surface area contributed by atoms with Gasteiger partial charge in [0.2, 0.25) is 0 Å². The number of hydrogen-bond acceptors (Lipinski definition) is 4. The molecule has 0 spiro atoms. The molecule has 1 aliphatic carbocycles. The molecule has 2 aliphatic rings. The van der Waals surface area contributed by atoms with Gasteiger partial charge in [0.25, 0.3) is 0 Å². The third-order valence-electron chi connectivity index (χ3n) is 3.48. The summed E-state index contributed by atoms with van der Waals surface area (Å²) in [6, 6.07) is 0. The number of ether oxygens (including phenoxy) is 2. The van der Waals surface area contributed by atoms with Crippen LogP contribution in [-0.4, -0.2) is 28.6 Å². The maximum atomic E-state index is 12.0. The van der Waals surface area contributed by atoms with Crippen molar-refractivity contribution in [2.24, 2.45) is 11.3 Å². The van der Waals surface area contributed by atoms with Crippen molar-refractivity contribution in [2.75, 3.05) is 4.43 Å². The van der Waals surface area contributed by atoms with Crippen molar-refractivity contribution in [2.45, 2.75) is 45.3 Å². The molecule has 4 nitrogen and oxygen atoms in total. The minimum atomic E-state index is -0.472. The SMILES string of the molecule is CC(C)(CI)C(=O)OC1CCC2CC1OC2=O. The van der Waals surface area contributed by atoms with Gasteiger partial charge in [-0.2, -0.15) is 0 Å². The molecule has 1 heterocycles. The lowest BCUT2D eigenvalue weighted by molar-refractivity contribution is -0.168. The lowest BCUT2D eigenvalue weighted by Crippen LogP contribution is -2.38. The fraction of sp³-hybridized carbons (Fsp3) is 0.833. The zero-order chi connectivity index (χ0) is 12.6. The van der Waals surface area contributed by atoms with Crippen molar-refractivity contribution in [3.05, 3.63) is 0 Å². The van der Waals surface area contributed by atoms with Crippen molar-refractivity contribution in [3.63, 3.8) is 0 Å². The summed E-state index contributed by atoms with van der Waals surface area (Å²) in [5.41, 5.74) is -0.472. The number of alkyl halides is 1. The highest BCUT2D eigenvalue weighted by molar-refractivity contribution is 14.1. The minimum absolute atomic E-state index is 0.0348. The van der Waals surface area contributed by atoms with Gasteiger partial charge < -0.3 is 9.47 Å². The summed E-state index contributed by atoms with van der Waals surface area (Å²) in [5, 5.41) is 0. The molecule has 5 heteroatoms. The average Bonchev–Trinajstić information content (AvgIpc) is 2.59. The van der Waals surface area contributed by atoms with E-state index in [1.807, 2.05) is 13.8 Å². The van der Waals surface area contributed by atoms with Crippen LogP contribution in [0.2, 0.25) is 0 Å². The van der Waals surface area contributed by atoms with Gasteiger partial charge in [-0.05, 0) is 26.7 Å². The molecule has 0 aromatic heterocycles. The number of carbonyl (C=O) groups is 2. The first-order valence-corrected chi connectivity index (χ1v) is 7.44. The van der Waals surface area contributed by atoms with E-state index < -0.39 is 5.41 Å². The summed E-state index contributed by atoms with van der Waals surface area (Å²) >= 11 is 2.18. The largest absolute Gasteiger partial charge is 0.458 e. The molecule has 1 aliphatic heterocycles. The third kappa shape index (κ3) is 2.58. The molecule has 3 atom stereocenters. The van der Waals surface area contributed by atoms with Crippen LogP contribution in [0.3, 0.4) is 0 Å². The van der Waals surface area contributed by atoms with E-state index in [9.17, 15) is 9.59 Å². The van der Waals surface area contributed by atoms with Gasteiger partial charge in [0.15, 0.2) is 0 Å². The van der Waals surface area contributed by atoms with E-state index in [0.717, 1.165) is 12.8 Å². The Morgan fingerprint density at radius 1 is 1.53 bits per heavy atom. The Kier molecular flexibility index (Phi) is 3.66. The maximum Gasteiger partial charge on any atom is 0.312 e. The highest BCUT2D eigenvalue weighted by Gasteiger charge is 2.46. The number of fused-ring (bicyclic) bond motifs is 2. The predicted molar refractivity (Wildman–Crippen MR) is 69.8 cm³/mol. The molecule has 0 N–H and O–H groups in total. The van der Waals surface area contributed by atoms with Crippen LogP contribution in [0.1, 0.15) is 33.1 Å². The van der Waals surface area contributed by atoms with Crippen LogP contribution in [0.15, 0.2) is 0 Å². The Balaban J connectivity index is 1.96. The van der Waals surface area contributed by atoms with Gasteiger partial charge in [0.1, 0.15) is 12.2 Å². The molecule has 0 amide bonds. The van der Waals surface area contributed by atoms with Crippen molar-refractivity contribution in [3.8, 4) is 0 Å². The van der Waals surface area contributed by atoms with Crippen LogP contribution in [0.4, 0.5) is 0 Å². The predicted octanol–water partition coefficient (Wildman–Crippen LogP) is 2.08. The van der Waals surface area contributed by atoms with Gasteiger partial charge in [-0.1, -0.05) is 22.6 Å². The second-order valence-electron chi connectivity index (χ2n) is 5.45. The molecule has 1 saturated heterocycles. The zero-order valence-corrected chi connectivity index (χ0v) is 12.2. The zero-order valence-electron chi connectivity index (χ0n) is 10.1. The fourth-order valence-electron chi connectivity index (χ4n) is 2.17. The summed E-state index contributed by atoms with van der Waals surface area (Å²) in [4.78, 5) is 23.3. The monoisotopic (exact) mass is 352 g/mol. The van der Waals surface area contributed by atoms with Crippen LogP contribution in [-0.2, 0) is 19.1 Å². The molecule has 0 radical (unpaired) electrons. The van der Waals surface area contributed by atoms with Crippen LogP contribution >= 0.6 is 22.6 Å². The fourth-order valence-corrected chi connectivity index (χ4v) is 2.48. The number of hydrogen-bond donors (Lipinski definition) is 0. The summed E-state index contributed by atoms with van der Waals surface area (Å²) < 4.78 is 11.4. The molecule has 96 valence electrons. The van der Waals surface area contributed by atoms with Crippen LogP contribution in [0.5, 0.6) is 0 Å². The Morgan fingerprint density at radius 2 is 2.24 bits per heavy atom. The maximum absolute atomic E-state index is 12.0. The van der Waals surface area contributed by atoms with Crippen molar-refractivity contribution < 1.29 is 19.1 Å². The Labute approximate surface area is 115 Å². The van der Waals surface area contributed by atoms with E-state index in [-0.39, 0.29) is 30.1 Å². The highest BCUT2D eigenvalue weighted by Crippen LogP contribution is 2.36. The summed E-state index contributed by atoms with van der Waals surface area (Å²) in [6.45, 7) is 3.74. The van der Waals surface area contributed by atoms with Crippen LogP contribution < -0.4 is 0 Å². The Morgan fingerprint density at radius 3 is 2.88 bits per heavy atom. The number of carbonyl (C=O) groups excluding carboxylic acids is 2. The van der Waals surface area contributed by atoms with E-state index >= 15 is 0 Å². The smallest absolute Gasteiger partial charge is 0.312 e. The summed E-state index contributed by atoms with van der Waals surface area (Å²) in [6.07, 6.45) is 1.77. The summed E-state index contributed by atoms with van der Waals surface area (Å²) in [7, 11) is 0. The molecule has 17 heavy (non-hydrogen) atoms. The lowest BCUT2D eigenvalue weighted by Gasteiger charge is -2.29. The van der Waals surface area contributed by atoms with E-state index in [4.69, 9.17) is 9.47 Å². The van der Waals surface area contributed by atoms with Crippen molar-refractivity contribution in [1.29, 1.82) is 0 Å². The molecule has 2 bridgehead atoms. The molecule has 0 aromatic carbocycles. The van der Waals surface area contributed by atoms with Crippen LogP contribution in [0.25, 0.3) is 0 Å². The lowest BCUT2D eigenvalue weighted by atomic mass is 9.88. The van der Waals surface area contributed by atoms with E-state index in [2.05, 4.69) is 22.6 Å². The van der Waals surface area contributed by atoms with Gasteiger partial charge in [-0.3, -0.25) is 9.59 Å². The Hall–Kier alpha value is -0.330. The van der Waals surface area contributed by atoms with Gasteiger partial charge >= 0.3 is 11.9 Å². The number of rotatable bonds is 3. The van der Waals surface area contributed by atoms with Crippen molar-refractivity contribution in [1.82, 2.24) is 0 Å². The molecular weight excluding hydrogens is 335 g/mol. The molecule has 2 fully saturated rings.